The zero-order chi connectivity index (χ0) is 25.6. The molecule has 1 aromatic heterocycles. The predicted molar refractivity (Wildman–Crippen MR) is 149 cm³/mol. The summed E-state index contributed by atoms with van der Waals surface area (Å²) in [5, 5.41) is 4.33. The van der Waals surface area contributed by atoms with Gasteiger partial charge in [-0.1, -0.05) is 25.1 Å². The van der Waals surface area contributed by atoms with Crippen LogP contribution in [-0.2, 0) is 4.74 Å². The van der Waals surface area contributed by atoms with Crippen LogP contribution in [0.25, 0.3) is 22.5 Å². The number of likely N-dealkylation sites (N-methyl/N-ethyl adjacent to an activating group) is 1. The number of aromatic amines is 1. The lowest BCUT2D eigenvalue weighted by molar-refractivity contribution is 0.151. The molecule has 0 aliphatic rings. The van der Waals surface area contributed by atoms with Gasteiger partial charge in [-0.3, -0.25) is 0 Å². The molecule has 1 heterocycles. The quantitative estimate of drug-likeness (QED) is 0.190. The molecular weight excluding hydrogens is 472 g/mol. The number of nitrogens with zero attached hydrogens (tertiary/aromatic N) is 2. The summed E-state index contributed by atoms with van der Waals surface area (Å²) in [4.78, 5) is 10.8. The molecule has 3 rings (SSSR count). The number of imidazole rings is 1. The Morgan fingerprint density at radius 3 is 2.19 bits per heavy atom. The molecule has 196 valence electrons. The lowest BCUT2D eigenvalue weighted by Gasteiger charge is -2.16. The zero-order valence-electron chi connectivity index (χ0n) is 22.0. The first-order valence-corrected chi connectivity index (χ1v) is 13.6. The highest BCUT2D eigenvalue weighted by molar-refractivity contribution is 7.99. The standard InChI is InChI=1S/C28H40N4O3S/c1-5-6-17-32(2)18-15-29-16-19-35-20-21-36-28-30-26(22-7-11-24(33-3)12-8-22)27(31-28)23-9-13-25(34-4)14-10-23/h7-14,29H,5-6,15-21H2,1-4H3,(H,30,31). The van der Waals surface area contributed by atoms with Crippen molar-refractivity contribution >= 4 is 11.8 Å². The Kier molecular flexibility index (Phi) is 12.1. The van der Waals surface area contributed by atoms with E-state index < -0.39 is 0 Å². The SMILES string of the molecule is CCCCN(C)CCNCCOCCSc1nc(-c2ccc(OC)cc2)c(-c2ccc(OC)cc2)[nH]1. The fraction of sp³-hybridized carbons (Fsp3) is 0.464. The first kappa shape index (κ1) is 28.1. The molecule has 36 heavy (non-hydrogen) atoms. The van der Waals surface area contributed by atoms with E-state index in [0.717, 1.165) is 64.6 Å². The van der Waals surface area contributed by atoms with E-state index in [9.17, 15) is 0 Å². The molecule has 0 unspecified atom stereocenters. The second-order valence-corrected chi connectivity index (χ2v) is 9.67. The second-order valence-electron chi connectivity index (χ2n) is 8.59. The van der Waals surface area contributed by atoms with Crippen molar-refractivity contribution < 1.29 is 14.2 Å². The number of unbranched alkanes of at least 4 members (excludes halogenated alkanes) is 1. The number of nitrogens with one attached hydrogen (secondary N) is 2. The smallest absolute Gasteiger partial charge is 0.166 e. The molecule has 0 fully saturated rings. The van der Waals surface area contributed by atoms with E-state index in [1.165, 1.54) is 19.4 Å². The van der Waals surface area contributed by atoms with Gasteiger partial charge in [0.05, 0.1) is 38.8 Å². The first-order valence-electron chi connectivity index (χ1n) is 12.6. The third-order valence-corrected chi connectivity index (χ3v) is 6.72. The number of aromatic nitrogens is 2. The van der Waals surface area contributed by atoms with Gasteiger partial charge in [0, 0.05) is 36.5 Å². The topological polar surface area (TPSA) is 71.6 Å². The first-order chi connectivity index (χ1) is 17.6. The van der Waals surface area contributed by atoms with Gasteiger partial charge in [-0.15, -0.1) is 0 Å². The predicted octanol–water partition coefficient (Wildman–Crippen LogP) is 5.19. The van der Waals surface area contributed by atoms with Gasteiger partial charge in [-0.2, -0.15) is 0 Å². The molecule has 2 N–H and O–H groups in total. The third kappa shape index (κ3) is 8.85. The Bertz CT molecular complexity index is 944. The number of H-pyrrole nitrogens is 1. The second kappa shape index (κ2) is 15.6. The van der Waals surface area contributed by atoms with Crippen molar-refractivity contribution in [2.45, 2.75) is 24.9 Å². The molecule has 0 spiro atoms. The molecule has 8 heteroatoms. The van der Waals surface area contributed by atoms with E-state index in [1.54, 1.807) is 26.0 Å². The van der Waals surface area contributed by atoms with Crippen LogP contribution in [0.4, 0.5) is 0 Å². The van der Waals surface area contributed by atoms with Crippen LogP contribution in [-0.4, -0.2) is 81.3 Å². The number of thioether (sulfide) groups is 1. The van der Waals surface area contributed by atoms with Crippen molar-refractivity contribution in [3.8, 4) is 34.0 Å². The normalized spacial score (nSPS) is 11.2. The number of hydrogen-bond donors (Lipinski definition) is 2. The molecule has 0 atom stereocenters. The van der Waals surface area contributed by atoms with Crippen LogP contribution in [0.3, 0.4) is 0 Å². The average molecular weight is 513 g/mol. The van der Waals surface area contributed by atoms with Gasteiger partial charge in [0.15, 0.2) is 5.16 Å². The Balaban J connectivity index is 1.50. The Hall–Kier alpha value is -2.52. The van der Waals surface area contributed by atoms with Crippen LogP contribution in [0.5, 0.6) is 11.5 Å². The summed E-state index contributed by atoms with van der Waals surface area (Å²) in [6.07, 6.45) is 2.50. The van der Waals surface area contributed by atoms with Crippen molar-refractivity contribution in [3.05, 3.63) is 48.5 Å². The maximum atomic E-state index is 5.82. The molecular formula is C28H40N4O3S. The monoisotopic (exact) mass is 512 g/mol. The lowest BCUT2D eigenvalue weighted by atomic mass is 10.0. The van der Waals surface area contributed by atoms with E-state index in [-0.39, 0.29) is 0 Å². The molecule has 7 nitrogen and oxygen atoms in total. The summed E-state index contributed by atoms with van der Waals surface area (Å²) in [6.45, 7) is 7.72. The maximum Gasteiger partial charge on any atom is 0.166 e. The number of hydrogen-bond acceptors (Lipinski definition) is 7. The highest BCUT2D eigenvalue weighted by Crippen LogP contribution is 2.34. The third-order valence-electron chi connectivity index (χ3n) is 5.88. The number of ether oxygens (including phenoxy) is 3. The summed E-state index contributed by atoms with van der Waals surface area (Å²) in [5.41, 5.74) is 4.00. The molecule has 0 bridgehead atoms. The van der Waals surface area contributed by atoms with Crippen molar-refractivity contribution in [1.82, 2.24) is 20.2 Å². The molecule has 0 saturated carbocycles. The minimum Gasteiger partial charge on any atom is -0.497 e. The van der Waals surface area contributed by atoms with Crippen LogP contribution in [0.15, 0.2) is 53.7 Å². The lowest BCUT2D eigenvalue weighted by Crippen LogP contribution is -2.31. The molecule has 0 saturated heterocycles. The van der Waals surface area contributed by atoms with Crippen LogP contribution in [0, 0.1) is 0 Å². The molecule has 0 amide bonds. The van der Waals surface area contributed by atoms with E-state index in [4.69, 9.17) is 19.2 Å². The van der Waals surface area contributed by atoms with Gasteiger partial charge in [0.1, 0.15) is 11.5 Å². The van der Waals surface area contributed by atoms with Gasteiger partial charge >= 0.3 is 0 Å². The number of methoxy groups -OCH3 is 2. The van der Waals surface area contributed by atoms with Crippen molar-refractivity contribution in [2.75, 3.05) is 66.4 Å². The fourth-order valence-electron chi connectivity index (χ4n) is 3.72. The highest BCUT2D eigenvalue weighted by Gasteiger charge is 2.15. The van der Waals surface area contributed by atoms with Crippen LogP contribution in [0.2, 0.25) is 0 Å². The largest absolute Gasteiger partial charge is 0.497 e. The van der Waals surface area contributed by atoms with Gasteiger partial charge in [0.2, 0.25) is 0 Å². The Morgan fingerprint density at radius 2 is 1.56 bits per heavy atom. The van der Waals surface area contributed by atoms with Gasteiger partial charge in [-0.25, -0.2) is 4.98 Å². The van der Waals surface area contributed by atoms with Crippen LogP contribution >= 0.6 is 11.8 Å². The Morgan fingerprint density at radius 1 is 0.889 bits per heavy atom. The number of rotatable bonds is 17. The summed E-state index contributed by atoms with van der Waals surface area (Å²) in [5.74, 6) is 2.48. The fourth-order valence-corrected chi connectivity index (χ4v) is 4.45. The van der Waals surface area contributed by atoms with Crippen molar-refractivity contribution in [1.29, 1.82) is 0 Å². The average Bonchev–Trinajstić information content (AvgIpc) is 3.35. The highest BCUT2D eigenvalue weighted by atomic mass is 32.2. The summed E-state index contributed by atoms with van der Waals surface area (Å²) in [7, 11) is 5.53. The van der Waals surface area contributed by atoms with Crippen molar-refractivity contribution in [3.63, 3.8) is 0 Å². The van der Waals surface area contributed by atoms with Crippen LogP contribution < -0.4 is 14.8 Å². The van der Waals surface area contributed by atoms with Crippen molar-refractivity contribution in [2.24, 2.45) is 0 Å². The van der Waals surface area contributed by atoms with E-state index in [1.807, 2.05) is 48.5 Å². The summed E-state index contributed by atoms with van der Waals surface area (Å²) >= 11 is 1.67. The van der Waals surface area contributed by atoms with Crippen LogP contribution in [0.1, 0.15) is 19.8 Å². The summed E-state index contributed by atoms with van der Waals surface area (Å²) < 4.78 is 16.5. The van der Waals surface area contributed by atoms with Gasteiger partial charge < -0.3 is 29.4 Å². The molecule has 0 aliphatic heterocycles. The van der Waals surface area contributed by atoms with E-state index in [0.29, 0.717) is 13.2 Å². The summed E-state index contributed by atoms with van der Waals surface area (Å²) in [6, 6.07) is 16.0. The van der Waals surface area contributed by atoms with Gasteiger partial charge in [0.25, 0.3) is 0 Å². The maximum absolute atomic E-state index is 5.82. The van der Waals surface area contributed by atoms with E-state index >= 15 is 0 Å². The molecule has 0 aliphatic carbocycles. The molecule has 2 aromatic carbocycles. The minimum absolute atomic E-state index is 0.680. The molecule has 0 radical (unpaired) electrons. The zero-order valence-corrected chi connectivity index (χ0v) is 22.8. The van der Waals surface area contributed by atoms with E-state index in [2.05, 4.69) is 29.2 Å². The molecule has 3 aromatic rings. The van der Waals surface area contributed by atoms with Gasteiger partial charge in [-0.05, 0) is 68.5 Å². The number of benzene rings is 2. The Labute approximate surface area is 219 Å². The minimum atomic E-state index is 0.680.